The van der Waals surface area contributed by atoms with Gasteiger partial charge in [0.2, 0.25) is 5.91 Å². The standard InChI is InChI=1S/C12H15F3N4O/c1-7-5-9(12(13,14)15)18-11(17-7)8-3-2-4-19(8)6-10(16)20/h5,8H,2-4,6H2,1H3,(H2,16,20)/t8-/m0/s1. The first-order valence-corrected chi connectivity index (χ1v) is 6.22. The Hall–Kier alpha value is -1.70. The molecule has 1 fully saturated rings. The van der Waals surface area contributed by atoms with Crippen molar-refractivity contribution in [3.05, 3.63) is 23.3 Å². The fourth-order valence-corrected chi connectivity index (χ4v) is 2.39. The smallest absolute Gasteiger partial charge is 0.369 e. The molecule has 110 valence electrons. The van der Waals surface area contributed by atoms with Crippen LogP contribution in [0.5, 0.6) is 0 Å². The lowest BCUT2D eigenvalue weighted by Gasteiger charge is -2.22. The quantitative estimate of drug-likeness (QED) is 0.913. The van der Waals surface area contributed by atoms with Crippen molar-refractivity contribution in [1.29, 1.82) is 0 Å². The summed E-state index contributed by atoms with van der Waals surface area (Å²) in [6, 6.07) is 0.528. The van der Waals surface area contributed by atoms with Gasteiger partial charge in [0.15, 0.2) is 0 Å². The van der Waals surface area contributed by atoms with Crippen LogP contribution in [0.15, 0.2) is 6.07 Å². The van der Waals surface area contributed by atoms with Gasteiger partial charge in [-0.25, -0.2) is 9.97 Å². The molecule has 2 rings (SSSR count). The number of halogens is 3. The molecule has 1 aromatic rings. The zero-order valence-corrected chi connectivity index (χ0v) is 10.9. The van der Waals surface area contributed by atoms with Gasteiger partial charge in [-0.15, -0.1) is 0 Å². The van der Waals surface area contributed by atoms with Crippen molar-refractivity contribution in [1.82, 2.24) is 14.9 Å². The van der Waals surface area contributed by atoms with Crippen LogP contribution in [0.25, 0.3) is 0 Å². The lowest BCUT2D eigenvalue weighted by molar-refractivity contribution is -0.141. The molecule has 1 atom stereocenters. The van der Waals surface area contributed by atoms with Gasteiger partial charge in [0.25, 0.3) is 0 Å². The Balaban J connectivity index is 2.32. The molecule has 1 aliphatic heterocycles. The van der Waals surface area contributed by atoms with Gasteiger partial charge in [0.05, 0.1) is 12.6 Å². The lowest BCUT2D eigenvalue weighted by atomic mass is 10.2. The van der Waals surface area contributed by atoms with Crippen LogP contribution in [0.4, 0.5) is 13.2 Å². The molecule has 0 spiro atoms. The number of primary amides is 1. The monoisotopic (exact) mass is 288 g/mol. The average Bonchev–Trinajstić information content (AvgIpc) is 2.74. The first-order valence-electron chi connectivity index (χ1n) is 6.22. The van der Waals surface area contributed by atoms with Crippen LogP contribution < -0.4 is 5.73 Å². The second-order valence-corrected chi connectivity index (χ2v) is 4.85. The van der Waals surface area contributed by atoms with E-state index in [2.05, 4.69) is 9.97 Å². The summed E-state index contributed by atoms with van der Waals surface area (Å²) in [5, 5.41) is 0. The summed E-state index contributed by atoms with van der Waals surface area (Å²) < 4.78 is 38.3. The van der Waals surface area contributed by atoms with Gasteiger partial charge >= 0.3 is 6.18 Å². The van der Waals surface area contributed by atoms with E-state index in [1.54, 1.807) is 4.90 Å². The van der Waals surface area contributed by atoms with Crippen molar-refractivity contribution < 1.29 is 18.0 Å². The maximum Gasteiger partial charge on any atom is 0.433 e. The van der Waals surface area contributed by atoms with Gasteiger partial charge in [0, 0.05) is 5.69 Å². The van der Waals surface area contributed by atoms with E-state index in [0.29, 0.717) is 13.0 Å². The van der Waals surface area contributed by atoms with Gasteiger partial charge in [-0.1, -0.05) is 0 Å². The zero-order chi connectivity index (χ0) is 14.9. The first-order chi connectivity index (χ1) is 9.27. The van der Waals surface area contributed by atoms with Crippen molar-refractivity contribution >= 4 is 5.91 Å². The molecule has 1 saturated heterocycles. The minimum Gasteiger partial charge on any atom is -0.369 e. The number of hydrogen-bond acceptors (Lipinski definition) is 4. The summed E-state index contributed by atoms with van der Waals surface area (Å²) in [4.78, 5) is 20.4. The van der Waals surface area contributed by atoms with E-state index < -0.39 is 17.8 Å². The van der Waals surface area contributed by atoms with Gasteiger partial charge in [-0.05, 0) is 32.4 Å². The lowest BCUT2D eigenvalue weighted by Crippen LogP contribution is -2.34. The summed E-state index contributed by atoms with van der Waals surface area (Å²) in [5.41, 5.74) is 4.45. The van der Waals surface area contributed by atoms with E-state index in [-0.39, 0.29) is 24.1 Å². The third-order valence-electron chi connectivity index (χ3n) is 3.18. The van der Waals surface area contributed by atoms with Crippen LogP contribution in [0.1, 0.15) is 36.1 Å². The highest BCUT2D eigenvalue weighted by Gasteiger charge is 2.36. The molecule has 8 heteroatoms. The molecular weight excluding hydrogens is 273 g/mol. The summed E-state index contributed by atoms with van der Waals surface area (Å²) in [5.74, 6) is -0.406. The van der Waals surface area contributed by atoms with Gasteiger partial charge in [-0.2, -0.15) is 13.2 Å². The second kappa shape index (κ2) is 5.35. The van der Waals surface area contributed by atoms with Crippen LogP contribution in [0, 0.1) is 6.92 Å². The topological polar surface area (TPSA) is 72.1 Å². The van der Waals surface area contributed by atoms with Gasteiger partial charge in [0.1, 0.15) is 11.5 Å². The number of nitrogens with two attached hydrogens (primary N) is 1. The Morgan fingerprint density at radius 3 is 2.80 bits per heavy atom. The molecule has 0 bridgehead atoms. The minimum absolute atomic E-state index is 0.00329. The van der Waals surface area contributed by atoms with E-state index in [0.717, 1.165) is 12.5 Å². The molecular formula is C12H15F3N4O. The van der Waals surface area contributed by atoms with Crippen LogP contribution in [-0.2, 0) is 11.0 Å². The molecule has 0 radical (unpaired) electrons. The van der Waals surface area contributed by atoms with Crippen LogP contribution in [0.3, 0.4) is 0 Å². The number of aromatic nitrogens is 2. The SMILES string of the molecule is Cc1cc(C(F)(F)F)nc([C@@H]2CCCN2CC(N)=O)n1. The maximum absolute atomic E-state index is 12.8. The number of likely N-dealkylation sites (tertiary alicyclic amines) is 1. The maximum atomic E-state index is 12.8. The summed E-state index contributed by atoms with van der Waals surface area (Å²) in [6.45, 7) is 2.10. The highest BCUT2D eigenvalue weighted by molar-refractivity contribution is 5.76. The van der Waals surface area contributed by atoms with Crippen LogP contribution in [-0.4, -0.2) is 33.9 Å². The third-order valence-corrected chi connectivity index (χ3v) is 3.18. The number of carbonyl (C=O) groups is 1. The molecule has 2 N–H and O–H groups in total. The highest BCUT2D eigenvalue weighted by Crippen LogP contribution is 2.33. The molecule has 2 heterocycles. The van der Waals surface area contributed by atoms with E-state index in [1.165, 1.54) is 6.92 Å². The molecule has 1 aliphatic rings. The number of rotatable bonds is 3. The number of hydrogen-bond donors (Lipinski definition) is 1. The number of amides is 1. The summed E-state index contributed by atoms with van der Waals surface area (Å²) >= 11 is 0. The largest absolute Gasteiger partial charge is 0.433 e. The predicted molar refractivity (Wildman–Crippen MR) is 64.5 cm³/mol. The average molecular weight is 288 g/mol. The molecule has 0 aromatic carbocycles. The Morgan fingerprint density at radius 1 is 1.50 bits per heavy atom. The summed E-state index contributed by atoms with van der Waals surface area (Å²) in [7, 11) is 0. The summed E-state index contributed by atoms with van der Waals surface area (Å²) in [6.07, 6.45) is -3.11. The van der Waals surface area contributed by atoms with Gasteiger partial charge in [-0.3, -0.25) is 9.69 Å². The normalized spacial score (nSPS) is 20.3. The van der Waals surface area contributed by atoms with E-state index in [4.69, 9.17) is 5.73 Å². The van der Waals surface area contributed by atoms with E-state index >= 15 is 0 Å². The molecule has 20 heavy (non-hydrogen) atoms. The Morgan fingerprint density at radius 2 is 2.20 bits per heavy atom. The molecule has 5 nitrogen and oxygen atoms in total. The number of carbonyl (C=O) groups excluding carboxylic acids is 1. The second-order valence-electron chi connectivity index (χ2n) is 4.85. The van der Waals surface area contributed by atoms with Crippen molar-refractivity contribution in [2.45, 2.75) is 32.0 Å². The molecule has 0 aliphatic carbocycles. The van der Waals surface area contributed by atoms with Crippen LogP contribution in [0.2, 0.25) is 0 Å². The molecule has 1 aromatic heterocycles. The highest BCUT2D eigenvalue weighted by atomic mass is 19.4. The van der Waals surface area contributed by atoms with Crippen molar-refractivity contribution in [3.63, 3.8) is 0 Å². The van der Waals surface area contributed by atoms with Crippen LogP contribution >= 0.6 is 0 Å². The predicted octanol–water partition coefficient (Wildman–Crippen LogP) is 1.43. The first kappa shape index (κ1) is 14.7. The fourth-order valence-electron chi connectivity index (χ4n) is 2.39. The third kappa shape index (κ3) is 3.24. The Kier molecular flexibility index (Phi) is 3.94. The number of nitrogens with zero attached hydrogens (tertiary/aromatic N) is 3. The molecule has 0 unspecified atom stereocenters. The van der Waals surface area contributed by atoms with Gasteiger partial charge < -0.3 is 5.73 Å². The Bertz CT molecular complexity index is 518. The van der Waals surface area contributed by atoms with Crippen molar-refractivity contribution in [2.24, 2.45) is 5.73 Å². The number of aryl methyl sites for hydroxylation is 1. The van der Waals surface area contributed by atoms with E-state index in [9.17, 15) is 18.0 Å². The van der Waals surface area contributed by atoms with Crippen molar-refractivity contribution in [3.8, 4) is 0 Å². The Labute approximate surface area is 114 Å². The molecule has 0 saturated carbocycles. The van der Waals surface area contributed by atoms with E-state index in [1.807, 2.05) is 0 Å². The number of alkyl halides is 3. The minimum atomic E-state index is -4.50. The fraction of sp³-hybridized carbons (Fsp3) is 0.583. The molecule has 1 amide bonds. The van der Waals surface area contributed by atoms with Crippen molar-refractivity contribution in [2.75, 3.05) is 13.1 Å². The zero-order valence-electron chi connectivity index (χ0n) is 10.9.